The van der Waals surface area contributed by atoms with Crippen molar-refractivity contribution in [3.63, 3.8) is 0 Å². The van der Waals surface area contributed by atoms with Crippen molar-refractivity contribution in [2.45, 2.75) is 59.4 Å². The van der Waals surface area contributed by atoms with E-state index in [0.717, 1.165) is 29.2 Å². The molecule has 2 aromatic carbocycles. The van der Waals surface area contributed by atoms with Gasteiger partial charge >= 0.3 is 6.18 Å². The molecule has 176 valence electrons. The molecule has 0 N–H and O–H groups in total. The third-order valence-corrected chi connectivity index (χ3v) is 4.90. The second-order valence-corrected chi connectivity index (χ2v) is 8.73. The zero-order valence-electron chi connectivity index (χ0n) is 19.3. The van der Waals surface area contributed by atoms with Crippen molar-refractivity contribution in [1.82, 2.24) is 4.98 Å². The molecular weight excluding hydrogens is 433 g/mol. The Morgan fingerprint density at radius 3 is 2.15 bits per heavy atom. The number of hydrogen-bond donors (Lipinski definition) is 0. The molecule has 33 heavy (non-hydrogen) atoms. The van der Waals surface area contributed by atoms with Crippen LogP contribution in [-0.2, 0) is 29.6 Å². The van der Waals surface area contributed by atoms with Crippen molar-refractivity contribution in [1.29, 1.82) is 0 Å². The Kier molecular flexibility index (Phi) is 7.15. The largest absolute Gasteiger partial charge is 0.487 e. The fraction of sp³-hybridized carbons (Fsp3) is 0.360. The molecule has 0 saturated heterocycles. The maximum atomic E-state index is 12.6. The van der Waals surface area contributed by atoms with Crippen LogP contribution in [0.25, 0.3) is 0 Å². The second-order valence-electron chi connectivity index (χ2n) is 8.73. The smallest absolute Gasteiger partial charge is 0.416 e. The molecule has 0 aliphatic heterocycles. The predicted octanol–water partition coefficient (Wildman–Crippen LogP) is 6.82. The summed E-state index contributed by atoms with van der Waals surface area (Å²) >= 11 is 0. The Labute approximate surface area is 191 Å². The van der Waals surface area contributed by atoms with E-state index in [0.29, 0.717) is 29.5 Å². The molecule has 1 heterocycles. The van der Waals surface area contributed by atoms with Crippen LogP contribution < -0.4 is 4.74 Å². The highest BCUT2D eigenvalue weighted by Gasteiger charge is 2.29. The molecule has 3 aromatic rings. The van der Waals surface area contributed by atoms with Gasteiger partial charge in [0.15, 0.2) is 5.89 Å². The Hall–Kier alpha value is -3.29. The lowest BCUT2D eigenvalue weighted by molar-refractivity contribution is -0.137. The van der Waals surface area contributed by atoms with Gasteiger partial charge in [-0.25, -0.2) is 4.98 Å². The van der Waals surface area contributed by atoms with Crippen LogP contribution in [-0.4, -0.2) is 10.7 Å². The number of rotatable bonds is 7. The molecule has 0 fully saturated rings. The van der Waals surface area contributed by atoms with Crippen LogP contribution in [0.15, 0.2) is 58.1 Å². The highest BCUT2D eigenvalue weighted by molar-refractivity contribution is 5.98. The monoisotopic (exact) mass is 460 g/mol. The average Bonchev–Trinajstić information content (AvgIpc) is 3.13. The van der Waals surface area contributed by atoms with Gasteiger partial charge in [-0.3, -0.25) is 0 Å². The topological polar surface area (TPSA) is 56.9 Å². The number of halogens is 3. The minimum atomic E-state index is -4.35. The molecule has 8 heteroatoms. The normalized spacial score (nSPS) is 12.7. The summed E-state index contributed by atoms with van der Waals surface area (Å²) in [5, 5.41) is 4.05. The zero-order chi connectivity index (χ0) is 24.2. The van der Waals surface area contributed by atoms with E-state index >= 15 is 0 Å². The lowest BCUT2D eigenvalue weighted by atomic mass is 9.97. The van der Waals surface area contributed by atoms with Crippen LogP contribution in [0.1, 0.15) is 61.7 Å². The van der Waals surface area contributed by atoms with E-state index in [2.05, 4.69) is 10.1 Å². The van der Waals surface area contributed by atoms with Crippen molar-refractivity contribution >= 4 is 5.71 Å². The molecule has 1 aromatic heterocycles. The quantitative estimate of drug-likeness (QED) is 0.287. The van der Waals surface area contributed by atoms with Gasteiger partial charge in [-0.15, -0.1) is 0 Å². The Morgan fingerprint density at radius 1 is 0.970 bits per heavy atom. The van der Waals surface area contributed by atoms with E-state index < -0.39 is 11.7 Å². The Bertz CT molecular complexity index is 1090. The molecule has 0 saturated carbocycles. The van der Waals surface area contributed by atoms with E-state index in [1.807, 2.05) is 52.0 Å². The fourth-order valence-corrected chi connectivity index (χ4v) is 2.87. The van der Waals surface area contributed by atoms with E-state index in [-0.39, 0.29) is 12.0 Å². The van der Waals surface area contributed by atoms with E-state index in [1.54, 1.807) is 6.92 Å². The number of nitrogens with zero attached hydrogens (tertiary/aromatic N) is 2. The molecule has 0 bridgehead atoms. The molecule has 0 unspecified atom stereocenters. The number of aromatic nitrogens is 1. The van der Waals surface area contributed by atoms with Gasteiger partial charge < -0.3 is 14.0 Å². The number of alkyl halides is 3. The summed E-state index contributed by atoms with van der Waals surface area (Å²) < 4.78 is 49.4. The van der Waals surface area contributed by atoms with Gasteiger partial charge in [-0.05, 0) is 61.4 Å². The molecule has 0 radical (unpaired) electrons. The summed E-state index contributed by atoms with van der Waals surface area (Å²) in [6.07, 6.45) is -4.35. The molecule has 0 aliphatic carbocycles. The van der Waals surface area contributed by atoms with Crippen LogP contribution in [0.4, 0.5) is 13.2 Å². The Balaban J connectivity index is 1.54. The average molecular weight is 460 g/mol. The highest BCUT2D eigenvalue weighted by atomic mass is 19.4. The maximum Gasteiger partial charge on any atom is 0.416 e. The first kappa shape index (κ1) is 24.4. The van der Waals surface area contributed by atoms with E-state index in [9.17, 15) is 13.2 Å². The second kappa shape index (κ2) is 9.68. The molecule has 3 rings (SSSR count). The van der Waals surface area contributed by atoms with Crippen molar-refractivity contribution in [2.24, 2.45) is 5.16 Å². The van der Waals surface area contributed by atoms with Crippen molar-refractivity contribution in [2.75, 3.05) is 0 Å². The number of hydrogen-bond acceptors (Lipinski definition) is 5. The number of ether oxygens (including phenoxy) is 1. The van der Waals surface area contributed by atoms with Gasteiger partial charge in [0.25, 0.3) is 0 Å². The number of aryl methyl sites for hydroxylation is 1. The lowest BCUT2D eigenvalue weighted by Crippen LogP contribution is -2.11. The number of oxime groups is 1. The standard InChI is InChI=1S/C25H27F3N2O3/c1-16(30-32-14-18-6-10-20(11-7-18)25(26,27)28)19-8-12-21(13-9-19)31-15-22-17(2)33-23(29-22)24(3,4)5/h6-13H,14-15H2,1-5H3/b30-16+. The van der Waals surface area contributed by atoms with Crippen molar-refractivity contribution < 1.29 is 27.2 Å². The van der Waals surface area contributed by atoms with E-state index in [4.69, 9.17) is 14.0 Å². The zero-order valence-corrected chi connectivity index (χ0v) is 19.3. The van der Waals surface area contributed by atoms with Crippen molar-refractivity contribution in [3.05, 3.63) is 82.6 Å². The Morgan fingerprint density at radius 2 is 1.61 bits per heavy atom. The highest BCUT2D eigenvalue weighted by Crippen LogP contribution is 2.29. The summed E-state index contributed by atoms with van der Waals surface area (Å²) in [5.74, 6) is 2.10. The summed E-state index contributed by atoms with van der Waals surface area (Å²) in [5.41, 5.74) is 1.97. The third-order valence-electron chi connectivity index (χ3n) is 4.90. The van der Waals surface area contributed by atoms with Crippen LogP contribution in [0, 0.1) is 6.92 Å². The predicted molar refractivity (Wildman–Crippen MR) is 119 cm³/mol. The van der Waals surface area contributed by atoms with Crippen LogP contribution >= 0.6 is 0 Å². The molecule has 0 aliphatic rings. The first-order valence-electron chi connectivity index (χ1n) is 10.5. The molecule has 5 nitrogen and oxygen atoms in total. The maximum absolute atomic E-state index is 12.6. The minimum Gasteiger partial charge on any atom is -0.487 e. The SMILES string of the molecule is C/C(=N\OCc1ccc(C(F)(F)F)cc1)c1ccc(OCc2nc(C(C)(C)C)oc2C)cc1. The van der Waals surface area contributed by atoms with E-state index in [1.165, 1.54) is 12.1 Å². The molecule has 0 atom stereocenters. The number of oxazole rings is 1. The van der Waals surface area contributed by atoms with Crippen molar-refractivity contribution in [3.8, 4) is 5.75 Å². The molecular formula is C25H27F3N2O3. The summed E-state index contributed by atoms with van der Waals surface area (Å²) in [6, 6.07) is 12.2. The lowest BCUT2D eigenvalue weighted by Gasteiger charge is -2.11. The van der Waals surface area contributed by atoms with Gasteiger partial charge in [0.2, 0.25) is 0 Å². The molecule has 0 spiro atoms. The first-order chi connectivity index (χ1) is 15.4. The van der Waals surface area contributed by atoms with Gasteiger partial charge in [0.1, 0.15) is 30.4 Å². The van der Waals surface area contributed by atoms with Crippen LogP contribution in [0.2, 0.25) is 0 Å². The van der Waals surface area contributed by atoms with Crippen LogP contribution in [0.5, 0.6) is 5.75 Å². The summed E-state index contributed by atoms with van der Waals surface area (Å²) in [4.78, 5) is 9.83. The van der Waals surface area contributed by atoms with Gasteiger partial charge in [0, 0.05) is 5.41 Å². The third kappa shape index (κ3) is 6.60. The summed E-state index contributed by atoms with van der Waals surface area (Å²) in [6.45, 7) is 10.2. The van der Waals surface area contributed by atoms with Gasteiger partial charge in [-0.1, -0.05) is 38.1 Å². The first-order valence-corrected chi connectivity index (χ1v) is 10.5. The van der Waals surface area contributed by atoms with Gasteiger partial charge in [-0.2, -0.15) is 13.2 Å². The fourth-order valence-electron chi connectivity index (χ4n) is 2.87. The van der Waals surface area contributed by atoms with Crippen LogP contribution in [0.3, 0.4) is 0 Å². The molecule has 0 amide bonds. The summed E-state index contributed by atoms with van der Waals surface area (Å²) in [7, 11) is 0. The minimum absolute atomic E-state index is 0.0737. The van der Waals surface area contributed by atoms with Gasteiger partial charge in [0.05, 0.1) is 11.3 Å². The number of benzene rings is 2.